The van der Waals surface area contributed by atoms with Gasteiger partial charge >= 0.3 is 0 Å². The van der Waals surface area contributed by atoms with Gasteiger partial charge in [-0.05, 0) is 31.5 Å². The third-order valence-corrected chi connectivity index (χ3v) is 4.97. The molecule has 4 rings (SSSR count). The summed E-state index contributed by atoms with van der Waals surface area (Å²) in [4.78, 5) is 10.5. The summed E-state index contributed by atoms with van der Waals surface area (Å²) >= 11 is 0. The molecule has 0 radical (unpaired) electrons. The quantitative estimate of drug-likeness (QED) is 0.602. The molecule has 0 aliphatic carbocycles. The van der Waals surface area contributed by atoms with Crippen molar-refractivity contribution < 1.29 is 13.5 Å². The van der Waals surface area contributed by atoms with Crippen LogP contribution in [0.1, 0.15) is 28.9 Å². The van der Waals surface area contributed by atoms with Gasteiger partial charge in [-0.2, -0.15) is 0 Å². The first-order valence-electron chi connectivity index (χ1n) is 9.60. The van der Waals surface area contributed by atoms with Crippen molar-refractivity contribution >= 4 is 23.1 Å². The molecule has 0 bridgehead atoms. The highest BCUT2D eigenvalue weighted by atomic mass is 19.3. The first-order chi connectivity index (χ1) is 14.3. The van der Waals surface area contributed by atoms with Gasteiger partial charge in [0.15, 0.2) is 6.67 Å². The molecule has 2 aliphatic rings. The summed E-state index contributed by atoms with van der Waals surface area (Å²) < 4.78 is 24.3. The number of rotatable bonds is 5. The van der Waals surface area contributed by atoms with Crippen molar-refractivity contribution in [2.45, 2.75) is 26.7 Å². The monoisotopic (exact) mass is 412 g/mol. The predicted octanol–water partition coefficient (Wildman–Crippen LogP) is 3.45. The zero-order chi connectivity index (χ0) is 21.5. The number of aliphatic imine (C=N–C) groups is 1. The van der Waals surface area contributed by atoms with Gasteiger partial charge in [-0.25, -0.2) is 23.4 Å². The maximum Gasteiger partial charge on any atom is 0.244 e. The van der Waals surface area contributed by atoms with Crippen molar-refractivity contribution in [3.63, 3.8) is 0 Å². The summed E-state index contributed by atoms with van der Waals surface area (Å²) in [5, 5.41) is 17.4. The molecule has 2 aliphatic heterocycles. The number of fused-ring (bicyclic) bond motifs is 1. The molecule has 30 heavy (non-hydrogen) atoms. The maximum atomic E-state index is 13.1. The number of guanidine groups is 1. The van der Waals surface area contributed by atoms with Gasteiger partial charge in [0, 0.05) is 17.0 Å². The van der Waals surface area contributed by atoms with E-state index in [0.29, 0.717) is 17.1 Å². The van der Waals surface area contributed by atoms with E-state index in [1.165, 1.54) is 4.90 Å². The largest absolute Gasteiger partial charge is 0.603 e. The van der Waals surface area contributed by atoms with E-state index in [0.717, 1.165) is 22.5 Å². The lowest BCUT2D eigenvalue weighted by molar-refractivity contribution is -0.887. The fourth-order valence-electron chi connectivity index (χ4n) is 3.72. The third kappa shape index (κ3) is 3.81. The Morgan fingerprint density at radius 2 is 1.80 bits per heavy atom. The van der Waals surface area contributed by atoms with Crippen LogP contribution in [0, 0.1) is 19.1 Å². The number of hydrogen-bond acceptors (Lipinski definition) is 6. The maximum absolute atomic E-state index is 13.1. The molecule has 156 valence electrons. The molecular weight excluding hydrogens is 390 g/mol. The Balaban J connectivity index is 1.92. The number of hydroxylamine groups is 2. The van der Waals surface area contributed by atoms with Crippen molar-refractivity contribution in [2.24, 2.45) is 15.8 Å². The van der Waals surface area contributed by atoms with E-state index in [1.54, 1.807) is 0 Å². The lowest BCUT2D eigenvalue weighted by Crippen LogP contribution is -2.47. The van der Waals surface area contributed by atoms with Crippen molar-refractivity contribution in [1.82, 2.24) is 9.88 Å². The van der Waals surface area contributed by atoms with Gasteiger partial charge in [0.1, 0.15) is 6.54 Å². The normalized spacial score (nSPS) is 21.1. The molecule has 2 aromatic rings. The van der Waals surface area contributed by atoms with Crippen LogP contribution >= 0.6 is 0 Å². The van der Waals surface area contributed by atoms with Crippen molar-refractivity contribution in [2.75, 3.05) is 13.2 Å². The lowest BCUT2D eigenvalue weighted by Gasteiger charge is -2.32. The number of aromatic nitrogens is 1. The van der Waals surface area contributed by atoms with E-state index in [4.69, 9.17) is 5.73 Å². The van der Waals surface area contributed by atoms with Crippen LogP contribution in [-0.4, -0.2) is 46.1 Å². The topological polar surface area (TPSA) is 89.9 Å². The average molecular weight is 412 g/mol. The molecule has 1 aromatic carbocycles. The minimum atomic E-state index is -2.57. The molecule has 1 aromatic heterocycles. The second-order valence-electron chi connectivity index (χ2n) is 7.44. The molecule has 0 saturated heterocycles. The molecule has 0 amide bonds. The zero-order valence-corrected chi connectivity index (χ0v) is 16.7. The Morgan fingerprint density at radius 3 is 2.43 bits per heavy atom. The summed E-state index contributed by atoms with van der Waals surface area (Å²) in [7, 11) is 0. The van der Waals surface area contributed by atoms with E-state index in [2.05, 4.69) is 15.1 Å². The van der Waals surface area contributed by atoms with Crippen LogP contribution in [0.2, 0.25) is 0 Å². The number of nitrogens with zero attached hydrogens (tertiary/aromatic N) is 5. The second kappa shape index (κ2) is 7.58. The van der Waals surface area contributed by atoms with Gasteiger partial charge in [0.2, 0.25) is 18.2 Å². The van der Waals surface area contributed by atoms with Gasteiger partial charge in [-0.3, -0.25) is 4.98 Å². The number of quaternary nitrogens is 1. The third-order valence-electron chi connectivity index (χ3n) is 4.97. The first kappa shape index (κ1) is 20.1. The molecule has 1 unspecified atom stereocenters. The molecule has 9 heteroatoms. The van der Waals surface area contributed by atoms with Crippen LogP contribution < -0.4 is 5.73 Å². The van der Waals surface area contributed by atoms with Gasteiger partial charge < -0.3 is 10.9 Å². The number of benzene rings is 1. The van der Waals surface area contributed by atoms with Gasteiger partial charge in [-0.1, -0.05) is 35.4 Å². The standard InChI is InChI=1S/C21H22F2N6O/c1-13-10-16(11-14(2)25-13)18-19(15-6-4-3-5-7-15)26-21(24)28-12-29(30,27-20(18)28)9-8-17(22)23/h3-7,10-11,17H,8-9,12H2,1-2H3,(H2,24,26). The summed E-state index contributed by atoms with van der Waals surface area (Å²) in [6, 6.07) is 13.2. The Kier molecular flexibility index (Phi) is 5.08. The Morgan fingerprint density at radius 1 is 1.13 bits per heavy atom. The zero-order valence-electron chi connectivity index (χ0n) is 16.7. The Hall–Kier alpha value is -3.17. The minimum Gasteiger partial charge on any atom is -0.603 e. The van der Waals surface area contributed by atoms with Gasteiger partial charge in [0.05, 0.1) is 17.7 Å². The first-order valence-corrected chi connectivity index (χ1v) is 9.60. The van der Waals surface area contributed by atoms with Crippen molar-refractivity contribution in [3.05, 3.63) is 70.2 Å². The molecule has 0 saturated carbocycles. The summed E-state index contributed by atoms with van der Waals surface area (Å²) in [5.74, 6) is 0.461. The number of pyridine rings is 1. The second-order valence-corrected chi connectivity index (χ2v) is 7.44. The van der Waals surface area contributed by atoms with Crippen molar-refractivity contribution in [3.8, 4) is 0 Å². The average Bonchev–Trinajstić information content (AvgIpc) is 3.04. The van der Waals surface area contributed by atoms with Crippen LogP contribution in [0.3, 0.4) is 0 Å². The number of halogens is 2. The molecule has 2 N–H and O–H groups in total. The summed E-state index contributed by atoms with van der Waals surface area (Å²) in [6.45, 7) is 3.23. The van der Waals surface area contributed by atoms with Crippen LogP contribution in [-0.2, 0) is 0 Å². The lowest BCUT2D eigenvalue weighted by atomic mass is 9.96. The number of alkyl halides is 2. The van der Waals surface area contributed by atoms with E-state index < -0.39 is 17.6 Å². The number of aryl methyl sites for hydroxylation is 2. The smallest absolute Gasteiger partial charge is 0.244 e. The number of nitrogens with two attached hydrogens (primary N) is 1. The molecular formula is C21H22F2N6O. The molecule has 1 atom stereocenters. The fourth-order valence-corrected chi connectivity index (χ4v) is 3.72. The minimum absolute atomic E-state index is 0.117. The summed E-state index contributed by atoms with van der Waals surface area (Å²) in [6.07, 6.45) is -3.11. The van der Waals surface area contributed by atoms with Crippen LogP contribution in [0.5, 0.6) is 0 Å². The number of hydrogen-bond donors (Lipinski definition) is 1. The van der Waals surface area contributed by atoms with Crippen molar-refractivity contribution in [1.29, 1.82) is 0 Å². The highest BCUT2D eigenvalue weighted by molar-refractivity contribution is 6.35. The summed E-state index contributed by atoms with van der Waals surface area (Å²) in [5.41, 5.74) is 10.6. The predicted molar refractivity (Wildman–Crippen MR) is 112 cm³/mol. The highest BCUT2D eigenvalue weighted by Crippen LogP contribution is 2.37. The van der Waals surface area contributed by atoms with Crippen LogP contribution in [0.15, 0.2) is 52.6 Å². The Labute approximate surface area is 173 Å². The number of amidine groups is 1. The van der Waals surface area contributed by atoms with E-state index in [1.807, 2.05) is 56.3 Å². The molecule has 0 spiro atoms. The van der Waals surface area contributed by atoms with E-state index >= 15 is 0 Å². The molecule has 0 fully saturated rings. The SMILES string of the molecule is Cc1cc(C2=C(c3ccccc3)N=C(N)N3C[N+]([O-])(CCC(F)F)N=C23)cc(C)n1. The van der Waals surface area contributed by atoms with Gasteiger partial charge in [0.25, 0.3) is 0 Å². The molecule has 7 nitrogen and oxygen atoms in total. The Bertz CT molecular complexity index is 1050. The fraction of sp³-hybridized carbons (Fsp3) is 0.286. The molecule has 3 heterocycles. The van der Waals surface area contributed by atoms with Crippen LogP contribution in [0.4, 0.5) is 8.78 Å². The van der Waals surface area contributed by atoms with Gasteiger partial charge in [-0.15, -0.1) is 0 Å². The highest BCUT2D eigenvalue weighted by Gasteiger charge is 2.41. The van der Waals surface area contributed by atoms with E-state index in [9.17, 15) is 14.0 Å². The van der Waals surface area contributed by atoms with E-state index in [-0.39, 0.29) is 19.2 Å². The van der Waals surface area contributed by atoms with Crippen LogP contribution in [0.25, 0.3) is 11.3 Å².